The number of aromatic nitrogens is 2. The van der Waals surface area contributed by atoms with Gasteiger partial charge in [0.25, 0.3) is 6.43 Å². The molecule has 4 aliphatic carbocycles. The average molecular weight is 351 g/mol. The second-order valence-corrected chi connectivity index (χ2v) is 8.77. The van der Waals surface area contributed by atoms with E-state index in [0.29, 0.717) is 5.69 Å². The van der Waals surface area contributed by atoms with Crippen LogP contribution in [-0.2, 0) is 4.79 Å². The minimum atomic E-state index is -2.61. The van der Waals surface area contributed by atoms with E-state index in [9.17, 15) is 13.6 Å². The van der Waals surface area contributed by atoms with E-state index < -0.39 is 12.5 Å². The standard InChI is InChI=1S/C19H27F2N3O/c1-11-3-16(17(20)21)23-24(11)12(2)18(25)22-10-19-7-13-4-14(8-19)6-15(5-13)9-19/h3,12-15,17H,4-10H2,1-2H3,(H,22,25). The molecule has 138 valence electrons. The van der Waals surface area contributed by atoms with E-state index in [1.807, 2.05) is 0 Å². The van der Waals surface area contributed by atoms with Crippen molar-refractivity contribution in [2.24, 2.45) is 23.2 Å². The van der Waals surface area contributed by atoms with Crippen LogP contribution in [0.1, 0.15) is 69.3 Å². The summed E-state index contributed by atoms with van der Waals surface area (Å²) in [7, 11) is 0. The smallest absolute Gasteiger partial charge is 0.282 e. The molecule has 1 N–H and O–H groups in total. The topological polar surface area (TPSA) is 46.9 Å². The molecule has 1 unspecified atom stereocenters. The molecule has 0 aromatic carbocycles. The largest absolute Gasteiger partial charge is 0.354 e. The van der Waals surface area contributed by atoms with Crippen LogP contribution in [0.4, 0.5) is 8.78 Å². The summed E-state index contributed by atoms with van der Waals surface area (Å²) in [6.07, 6.45) is 5.26. The van der Waals surface area contributed by atoms with E-state index in [4.69, 9.17) is 0 Å². The number of amides is 1. The molecule has 6 heteroatoms. The van der Waals surface area contributed by atoms with Crippen molar-refractivity contribution in [1.29, 1.82) is 0 Å². The highest BCUT2D eigenvalue weighted by molar-refractivity contribution is 5.79. The van der Waals surface area contributed by atoms with Crippen molar-refractivity contribution in [3.05, 3.63) is 17.5 Å². The van der Waals surface area contributed by atoms with Crippen molar-refractivity contribution in [2.45, 2.75) is 64.8 Å². The molecule has 1 atom stereocenters. The van der Waals surface area contributed by atoms with Crippen molar-refractivity contribution >= 4 is 5.91 Å². The second kappa shape index (κ2) is 6.06. The molecule has 4 bridgehead atoms. The van der Waals surface area contributed by atoms with Gasteiger partial charge < -0.3 is 5.32 Å². The van der Waals surface area contributed by atoms with Crippen LogP contribution in [0.3, 0.4) is 0 Å². The molecule has 25 heavy (non-hydrogen) atoms. The van der Waals surface area contributed by atoms with E-state index in [2.05, 4.69) is 10.4 Å². The van der Waals surface area contributed by atoms with E-state index in [1.165, 1.54) is 49.3 Å². The number of hydrogen-bond donors (Lipinski definition) is 1. The van der Waals surface area contributed by atoms with Crippen LogP contribution in [0.2, 0.25) is 0 Å². The third kappa shape index (κ3) is 3.08. The molecule has 4 aliphatic rings. The first-order valence-corrected chi connectivity index (χ1v) is 9.47. The Kier molecular flexibility index (Phi) is 4.12. The van der Waals surface area contributed by atoms with Gasteiger partial charge in [0.15, 0.2) is 0 Å². The van der Waals surface area contributed by atoms with Crippen LogP contribution in [0, 0.1) is 30.1 Å². The first kappa shape index (κ1) is 17.0. The lowest BCUT2D eigenvalue weighted by Crippen LogP contribution is -2.51. The molecular formula is C19H27F2N3O. The number of rotatable bonds is 5. The SMILES string of the molecule is Cc1cc(C(F)F)nn1C(C)C(=O)NCC12CC3CC(CC(C3)C1)C2. The number of nitrogens with one attached hydrogen (secondary N) is 1. The van der Waals surface area contributed by atoms with Gasteiger partial charge in [-0.15, -0.1) is 0 Å². The number of carbonyl (C=O) groups is 1. The Bertz CT molecular complexity index is 634. The number of nitrogens with zero attached hydrogens (tertiary/aromatic N) is 2. The number of aryl methyl sites for hydroxylation is 1. The van der Waals surface area contributed by atoms with Gasteiger partial charge in [-0.25, -0.2) is 8.78 Å². The lowest BCUT2D eigenvalue weighted by Gasteiger charge is -2.57. The molecule has 1 aromatic heterocycles. The summed E-state index contributed by atoms with van der Waals surface area (Å²) in [5.74, 6) is 2.43. The molecule has 1 aromatic rings. The average Bonchev–Trinajstić information content (AvgIpc) is 2.93. The maximum Gasteiger partial charge on any atom is 0.282 e. The van der Waals surface area contributed by atoms with Crippen molar-refractivity contribution in [3.63, 3.8) is 0 Å². The molecule has 0 radical (unpaired) electrons. The fraction of sp³-hybridized carbons (Fsp3) is 0.789. The van der Waals surface area contributed by atoms with Gasteiger partial charge in [-0.3, -0.25) is 9.48 Å². The molecule has 1 amide bonds. The van der Waals surface area contributed by atoms with Crippen LogP contribution in [0.25, 0.3) is 0 Å². The summed E-state index contributed by atoms with van der Waals surface area (Å²) < 4.78 is 27.1. The molecule has 0 aliphatic heterocycles. The van der Waals surface area contributed by atoms with Crippen molar-refractivity contribution in [1.82, 2.24) is 15.1 Å². The molecule has 1 heterocycles. The summed E-state index contributed by atoms with van der Waals surface area (Å²) in [6.45, 7) is 4.16. The first-order chi connectivity index (χ1) is 11.8. The van der Waals surface area contributed by atoms with E-state index in [0.717, 1.165) is 24.3 Å². The Morgan fingerprint density at radius 2 is 1.84 bits per heavy atom. The third-order valence-corrected chi connectivity index (χ3v) is 6.71. The zero-order chi connectivity index (χ0) is 17.8. The molecule has 4 nitrogen and oxygen atoms in total. The van der Waals surface area contributed by atoms with E-state index >= 15 is 0 Å². The van der Waals surface area contributed by atoms with Crippen LogP contribution in [-0.4, -0.2) is 22.2 Å². The van der Waals surface area contributed by atoms with Gasteiger partial charge in [-0.2, -0.15) is 5.10 Å². The number of halogens is 2. The monoisotopic (exact) mass is 351 g/mol. The van der Waals surface area contributed by atoms with Crippen molar-refractivity contribution < 1.29 is 13.6 Å². The van der Waals surface area contributed by atoms with Gasteiger partial charge in [-0.1, -0.05) is 0 Å². The highest BCUT2D eigenvalue weighted by Crippen LogP contribution is 2.59. The predicted octanol–water partition coefficient (Wildman–Crippen LogP) is 4.02. The van der Waals surface area contributed by atoms with Crippen LogP contribution in [0.15, 0.2) is 6.07 Å². The Morgan fingerprint density at radius 1 is 1.28 bits per heavy atom. The predicted molar refractivity (Wildman–Crippen MR) is 90.2 cm³/mol. The lowest BCUT2D eigenvalue weighted by molar-refractivity contribution is -0.126. The molecule has 5 rings (SSSR count). The summed E-state index contributed by atoms with van der Waals surface area (Å²) in [4.78, 5) is 12.6. The van der Waals surface area contributed by atoms with Crippen molar-refractivity contribution in [3.8, 4) is 0 Å². The Morgan fingerprint density at radius 3 is 2.32 bits per heavy atom. The van der Waals surface area contributed by atoms with E-state index in [-0.39, 0.29) is 17.0 Å². The van der Waals surface area contributed by atoms with Crippen LogP contribution in [0.5, 0.6) is 0 Å². The molecule has 0 saturated heterocycles. The first-order valence-electron chi connectivity index (χ1n) is 9.47. The van der Waals surface area contributed by atoms with Gasteiger partial charge in [0, 0.05) is 12.2 Å². The summed E-state index contributed by atoms with van der Waals surface area (Å²) in [5, 5.41) is 7.03. The fourth-order valence-corrected chi connectivity index (χ4v) is 6.05. The summed E-state index contributed by atoms with van der Waals surface area (Å²) in [5.41, 5.74) is 0.600. The van der Waals surface area contributed by atoms with E-state index in [1.54, 1.807) is 13.8 Å². The normalized spacial score (nSPS) is 34.5. The maximum absolute atomic E-state index is 12.8. The zero-order valence-electron chi connectivity index (χ0n) is 15.0. The summed E-state index contributed by atoms with van der Waals surface area (Å²) in [6, 6.07) is 0.787. The van der Waals surface area contributed by atoms with Gasteiger partial charge in [0.05, 0.1) is 0 Å². The van der Waals surface area contributed by atoms with Crippen LogP contribution >= 0.6 is 0 Å². The Labute approximate surface area is 147 Å². The maximum atomic E-state index is 12.8. The highest BCUT2D eigenvalue weighted by Gasteiger charge is 2.50. The third-order valence-electron chi connectivity index (χ3n) is 6.71. The molecular weight excluding hydrogens is 324 g/mol. The molecule has 4 saturated carbocycles. The molecule has 4 fully saturated rings. The Balaban J connectivity index is 1.41. The van der Waals surface area contributed by atoms with Crippen molar-refractivity contribution in [2.75, 3.05) is 6.54 Å². The zero-order valence-corrected chi connectivity index (χ0v) is 15.0. The fourth-order valence-electron chi connectivity index (χ4n) is 6.05. The number of alkyl halides is 2. The quantitative estimate of drug-likeness (QED) is 0.871. The van der Waals surface area contributed by atoms with Gasteiger partial charge in [-0.05, 0) is 81.6 Å². The summed E-state index contributed by atoms with van der Waals surface area (Å²) >= 11 is 0. The minimum Gasteiger partial charge on any atom is -0.354 e. The van der Waals surface area contributed by atoms with Crippen LogP contribution < -0.4 is 5.32 Å². The minimum absolute atomic E-state index is 0.122. The van der Waals surface area contributed by atoms with Gasteiger partial charge >= 0.3 is 0 Å². The number of carbonyl (C=O) groups excluding carboxylic acids is 1. The van der Waals surface area contributed by atoms with Gasteiger partial charge in [0.2, 0.25) is 5.91 Å². The second-order valence-electron chi connectivity index (χ2n) is 8.77. The number of hydrogen-bond acceptors (Lipinski definition) is 2. The highest BCUT2D eigenvalue weighted by atomic mass is 19.3. The Hall–Kier alpha value is -1.46. The lowest BCUT2D eigenvalue weighted by atomic mass is 9.49. The van der Waals surface area contributed by atoms with Gasteiger partial charge in [0.1, 0.15) is 11.7 Å². The molecule has 0 spiro atoms.